The van der Waals surface area contributed by atoms with E-state index < -0.39 is 0 Å². The zero-order chi connectivity index (χ0) is 16.2. The summed E-state index contributed by atoms with van der Waals surface area (Å²) in [6.45, 7) is 5.32. The number of nitrogens with one attached hydrogen (secondary N) is 1. The second-order valence-electron chi connectivity index (χ2n) is 6.33. The molecule has 1 fully saturated rings. The van der Waals surface area contributed by atoms with Crippen molar-refractivity contribution in [2.75, 3.05) is 6.61 Å². The average Bonchev–Trinajstić information content (AvgIpc) is 3.24. The average molecular weight is 313 g/mol. The molecule has 0 saturated heterocycles. The third-order valence-electron chi connectivity index (χ3n) is 3.98. The molecule has 5 heteroatoms. The fourth-order valence-electron chi connectivity index (χ4n) is 2.44. The SMILES string of the molecule is CC(C)n1cccc1C(=O)NCc1ccnc(OCC2CC2)c1. The number of amides is 1. The molecule has 5 nitrogen and oxygen atoms in total. The summed E-state index contributed by atoms with van der Waals surface area (Å²) in [4.78, 5) is 16.5. The maximum atomic E-state index is 12.3. The minimum Gasteiger partial charge on any atom is -0.477 e. The Hall–Kier alpha value is -2.30. The van der Waals surface area contributed by atoms with Crippen LogP contribution < -0.4 is 10.1 Å². The Balaban J connectivity index is 1.57. The third kappa shape index (κ3) is 4.12. The smallest absolute Gasteiger partial charge is 0.268 e. The molecular formula is C18H23N3O2. The van der Waals surface area contributed by atoms with Crippen molar-refractivity contribution in [2.24, 2.45) is 5.92 Å². The maximum Gasteiger partial charge on any atom is 0.268 e. The van der Waals surface area contributed by atoms with Gasteiger partial charge in [0, 0.05) is 31.0 Å². The van der Waals surface area contributed by atoms with Gasteiger partial charge in [-0.2, -0.15) is 0 Å². The van der Waals surface area contributed by atoms with Crippen molar-refractivity contribution in [2.45, 2.75) is 39.3 Å². The highest BCUT2D eigenvalue weighted by atomic mass is 16.5. The molecule has 0 aromatic carbocycles. The number of carbonyl (C=O) groups excluding carboxylic acids is 1. The first-order valence-corrected chi connectivity index (χ1v) is 8.16. The van der Waals surface area contributed by atoms with E-state index in [9.17, 15) is 4.79 Å². The summed E-state index contributed by atoms with van der Waals surface area (Å²) in [6, 6.07) is 7.78. The number of carbonyl (C=O) groups is 1. The van der Waals surface area contributed by atoms with Crippen LogP contribution >= 0.6 is 0 Å². The predicted molar refractivity (Wildman–Crippen MR) is 88.4 cm³/mol. The summed E-state index contributed by atoms with van der Waals surface area (Å²) in [5, 5.41) is 2.96. The van der Waals surface area contributed by atoms with Crippen LogP contribution in [-0.4, -0.2) is 22.1 Å². The van der Waals surface area contributed by atoms with Gasteiger partial charge in [0.15, 0.2) is 0 Å². The summed E-state index contributed by atoms with van der Waals surface area (Å²) < 4.78 is 7.64. The van der Waals surface area contributed by atoms with Gasteiger partial charge in [-0.25, -0.2) is 4.98 Å². The van der Waals surface area contributed by atoms with E-state index >= 15 is 0 Å². The standard InChI is InChI=1S/C18H23N3O2/c1-13(2)21-9-3-4-16(21)18(22)20-11-15-7-8-19-17(10-15)23-12-14-5-6-14/h3-4,7-10,13-14H,5-6,11-12H2,1-2H3,(H,20,22). The van der Waals surface area contributed by atoms with Gasteiger partial charge in [-0.05, 0) is 56.4 Å². The van der Waals surface area contributed by atoms with E-state index in [1.165, 1.54) is 12.8 Å². The van der Waals surface area contributed by atoms with Crippen LogP contribution in [0.4, 0.5) is 0 Å². The van der Waals surface area contributed by atoms with Crippen molar-refractivity contribution in [3.8, 4) is 5.88 Å². The highest BCUT2D eigenvalue weighted by molar-refractivity contribution is 5.92. The van der Waals surface area contributed by atoms with Gasteiger partial charge in [-0.1, -0.05) is 0 Å². The number of rotatable bonds is 7. The Kier molecular flexibility index (Phi) is 4.65. The topological polar surface area (TPSA) is 56.2 Å². The summed E-state index contributed by atoms with van der Waals surface area (Å²) >= 11 is 0. The van der Waals surface area contributed by atoms with Crippen molar-refractivity contribution < 1.29 is 9.53 Å². The lowest BCUT2D eigenvalue weighted by molar-refractivity contribution is 0.0940. The van der Waals surface area contributed by atoms with Gasteiger partial charge in [-0.15, -0.1) is 0 Å². The summed E-state index contributed by atoms with van der Waals surface area (Å²) in [6.07, 6.45) is 6.16. The number of hydrogen-bond acceptors (Lipinski definition) is 3. The fourth-order valence-corrected chi connectivity index (χ4v) is 2.44. The molecule has 1 amide bonds. The molecule has 0 bridgehead atoms. The third-order valence-corrected chi connectivity index (χ3v) is 3.98. The van der Waals surface area contributed by atoms with Crippen LogP contribution in [0.25, 0.3) is 0 Å². The van der Waals surface area contributed by atoms with E-state index in [1.54, 1.807) is 6.20 Å². The molecule has 0 spiro atoms. The quantitative estimate of drug-likeness (QED) is 0.854. The van der Waals surface area contributed by atoms with Crippen LogP contribution in [0.15, 0.2) is 36.7 Å². The second-order valence-corrected chi connectivity index (χ2v) is 6.33. The first-order valence-electron chi connectivity index (χ1n) is 8.16. The van der Waals surface area contributed by atoms with E-state index in [0.29, 0.717) is 24.0 Å². The molecule has 122 valence electrons. The van der Waals surface area contributed by atoms with Gasteiger partial charge in [0.1, 0.15) is 5.69 Å². The molecule has 3 rings (SSSR count). The molecule has 0 unspecified atom stereocenters. The minimum atomic E-state index is -0.0686. The van der Waals surface area contributed by atoms with Crippen LogP contribution in [0.5, 0.6) is 5.88 Å². The molecule has 1 aliphatic carbocycles. The van der Waals surface area contributed by atoms with Crippen molar-refractivity contribution in [3.63, 3.8) is 0 Å². The normalized spacial score (nSPS) is 14.0. The van der Waals surface area contributed by atoms with Crippen molar-refractivity contribution >= 4 is 5.91 Å². The highest BCUT2D eigenvalue weighted by Gasteiger charge is 2.22. The first kappa shape index (κ1) is 15.6. The Morgan fingerprint density at radius 3 is 3.00 bits per heavy atom. The predicted octanol–water partition coefficient (Wildman–Crippen LogP) is 3.18. The Morgan fingerprint density at radius 2 is 2.26 bits per heavy atom. The van der Waals surface area contributed by atoms with Crippen molar-refractivity contribution in [3.05, 3.63) is 47.9 Å². The summed E-state index contributed by atoms with van der Waals surface area (Å²) in [5.41, 5.74) is 1.67. The Morgan fingerprint density at radius 1 is 1.43 bits per heavy atom. The molecular weight excluding hydrogens is 290 g/mol. The van der Waals surface area contributed by atoms with Crippen LogP contribution in [0, 0.1) is 5.92 Å². The van der Waals surface area contributed by atoms with Gasteiger partial charge in [0.2, 0.25) is 5.88 Å². The van der Waals surface area contributed by atoms with E-state index in [2.05, 4.69) is 24.1 Å². The van der Waals surface area contributed by atoms with Gasteiger partial charge in [0.05, 0.1) is 6.61 Å². The van der Waals surface area contributed by atoms with Crippen LogP contribution in [0.3, 0.4) is 0 Å². The van der Waals surface area contributed by atoms with E-state index in [0.717, 1.165) is 12.2 Å². The molecule has 1 N–H and O–H groups in total. The maximum absolute atomic E-state index is 12.3. The molecule has 1 saturated carbocycles. The van der Waals surface area contributed by atoms with Gasteiger partial charge in [0.25, 0.3) is 5.91 Å². The first-order chi connectivity index (χ1) is 11.1. The number of nitrogens with zero attached hydrogens (tertiary/aromatic N) is 2. The zero-order valence-corrected chi connectivity index (χ0v) is 13.7. The summed E-state index contributed by atoms with van der Waals surface area (Å²) in [5.74, 6) is 1.26. The van der Waals surface area contributed by atoms with Crippen LogP contribution in [0.1, 0.15) is 48.8 Å². The lowest BCUT2D eigenvalue weighted by Gasteiger charge is -2.13. The molecule has 2 aromatic rings. The van der Waals surface area contributed by atoms with E-state index in [1.807, 2.05) is 35.0 Å². The highest BCUT2D eigenvalue weighted by Crippen LogP contribution is 2.29. The Labute approximate surface area is 136 Å². The lowest BCUT2D eigenvalue weighted by Crippen LogP contribution is -2.25. The largest absolute Gasteiger partial charge is 0.477 e. The number of aromatic nitrogens is 2. The van der Waals surface area contributed by atoms with E-state index in [4.69, 9.17) is 4.74 Å². The molecule has 2 aromatic heterocycles. The molecule has 0 aliphatic heterocycles. The zero-order valence-electron chi connectivity index (χ0n) is 13.7. The molecule has 1 aliphatic rings. The Bertz CT molecular complexity index is 674. The molecule has 0 radical (unpaired) electrons. The van der Waals surface area contributed by atoms with Gasteiger partial charge in [-0.3, -0.25) is 4.79 Å². The monoisotopic (exact) mass is 313 g/mol. The number of ether oxygens (including phenoxy) is 1. The van der Waals surface area contributed by atoms with Gasteiger partial charge >= 0.3 is 0 Å². The van der Waals surface area contributed by atoms with Crippen LogP contribution in [-0.2, 0) is 6.54 Å². The number of pyridine rings is 1. The van der Waals surface area contributed by atoms with Crippen molar-refractivity contribution in [1.29, 1.82) is 0 Å². The minimum absolute atomic E-state index is 0.0686. The molecule has 2 heterocycles. The summed E-state index contributed by atoms with van der Waals surface area (Å²) in [7, 11) is 0. The van der Waals surface area contributed by atoms with Crippen LogP contribution in [0.2, 0.25) is 0 Å². The van der Waals surface area contributed by atoms with E-state index in [-0.39, 0.29) is 11.9 Å². The lowest BCUT2D eigenvalue weighted by atomic mass is 10.2. The number of hydrogen-bond donors (Lipinski definition) is 1. The fraction of sp³-hybridized carbons (Fsp3) is 0.444. The van der Waals surface area contributed by atoms with Gasteiger partial charge < -0.3 is 14.6 Å². The van der Waals surface area contributed by atoms with Crippen molar-refractivity contribution in [1.82, 2.24) is 14.9 Å². The molecule has 23 heavy (non-hydrogen) atoms. The second kappa shape index (κ2) is 6.86. The molecule has 0 atom stereocenters.